The molecule has 19 heavy (non-hydrogen) atoms. The summed E-state index contributed by atoms with van der Waals surface area (Å²) in [6, 6.07) is 8.72. The highest BCUT2D eigenvalue weighted by Crippen LogP contribution is 2.14. The van der Waals surface area contributed by atoms with Crippen LogP contribution in [0.1, 0.15) is 24.0 Å². The number of aliphatic hydroxyl groups excluding tert-OH is 1. The molecule has 0 aromatic heterocycles. The van der Waals surface area contributed by atoms with Crippen LogP contribution in [-0.4, -0.2) is 36.2 Å². The van der Waals surface area contributed by atoms with E-state index >= 15 is 0 Å². The molecule has 0 saturated carbocycles. The third-order valence-electron chi connectivity index (χ3n) is 3.29. The zero-order chi connectivity index (χ0) is 12.1. The Hall–Kier alpha value is -0.320. The van der Waals surface area contributed by atoms with Gasteiger partial charge in [-0.15, -0.1) is 24.8 Å². The fourth-order valence-corrected chi connectivity index (χ4v) is 2.40. The van der Waals surface area contributed by atoms with Crippen molar-refractivity contribution in [3.05, 3.63) is 35.4 Å². The molecule has 1 atom stereocenters. The molecule has 1 unspecified atom stereocenters. The lowest BCUT2D eigenvalue weighted by Gasteiger charge is -2.29. The fourth-order valence-electron chi connectivity index (χ4n) is 2.40. The topological polar surface area (TPSA) is 35.5 Å². The molecule has 1 aromatic rings. The average Bonchev–Trinajstić information content (AvgIpc) is 2.32. The molecule has 1 aliphatic heterocycles. The highest BCUT2D eigenvalue weighted by atomic mass is 35.5. The highest BCUT2D eigenvalue weighted by Gasteiger charge is 2.17. The van der Waals surface area contributed by atoms with Gasteiger partial charge in [0.1, 0.15) is 0 Å². The predicted molar refractivity (Wildman–Crippen MR) is 84.2 cm³/mol. The van der Waals surface area contributed by atoms with Gasteiger partial charge in [-0.05, 0) is 37.6 Å². The molecular weight excluding hydrogens is 283 g/mol. The van der Waals surface area contributed by atoms with Crippen molar-refractivity contribution in [3.63, 3.8) is 0 Å². The van der Waals surface area contributed by atoms with Gasteiger partial charge in [0.2, 0.25) is 0 Å². The summed E-state index contributed by atoms with van der Waals surface area (Å²) in [6.07, 6.45) is 1.93. The van der Waals surface area contributed by atoms with E-state index in [1.165, 1.54) is 11.1 Å². The number of benzene rings is 1. The van der Waals surface area contributed by atoms with E-state index in [9.17, 15) is 5.11 Å². The molecule has 0 amide bonds. The van der Waals surface area contributed by atoms with Crippen molar-refractivity contribution in [1.82, 2.24) is 10.2 Å². The molecule has 2 rings (SSSR count). The molecule has 1 aliphatic rings. The Labute approximate surface area is 128 Å². The summed E-state index contributed by atoms with van der Waals surface area (Å²) in [5.41, 5.74) is 2.65. The van der Waals surface area contributed by atoms with Crippen LogP contribution in [0.15, 0.2) is 24.3 Å². The smallest absolute Gasteiger partial charge is 0.0667 e. The second-order valence-corrected chi connectivity index (χ2v) is 4.88. The Bertz CT molecular complexity index is 346. The third-order valence-corrected chi connectivity index (χ3v) is 3.29. The molecule has 3 nitrogen and oxygen atoms in total. The summed E-state index contributed by atoms with van der Waals surface area (Å²) in [6.45, 7) is 3.80. The molecule has 0 bridgehead atoms. The van der Waals surface area contributed by atoms with E-state index in [1.807, 2.05) is 7.05 Å². The van der Waals surface area contributed by atoms with Crippen molar-refractivity contribution >= 4 is 24.8 Å². The number of nitrogens with one attached hydrogen (secondary N) is 1. The van der Waals surface area contributed by atoms with Crippen LogP contribution in [-0.2, 0) is 13.1 Å². The van der Waals surface area contributed by atoms with E-state index in [2.05, 4.69) is 34.5 Å². The van der Waals surface area contributed by atoms with E-state index in [-0.39, 0.29) is 30.9 Å². The zero-order valence-electron chi connectivity index (χ0n) is 11.3. The van der Waals surface area contributed by atoms with E-state index in [1.54, 1.807) is 0 Å². The van der Waals surface area contributed by atoms with Crippen molar-refractivity contribution in [1.29, 1.82) is 0 Å². The first-order chi connectivity index (χ1) is 8.28. The van der Waals surface area contributed by atoms with Crippen LogP contribution in [0.4, 0.5) is 0 Å². The van der Waals surface area contributed by atoms with Gasteiger partial charge in [-0.1, -0.05) is 24.3 Å². The van der Waals surface area contributed by atoms with Crippen LogP contribution in [0.5, 0.6) is 0 Å². The number of rotatable bonds is 4. The largest absolute Gasteiger partial charge is 0.392 e. The number of piperidine rings is 1. The van der Waals surface area contributed by atoms with Crippen LogP contribution in [0, 0.1) is 0 Å². The van der Waals surface area contributed by atoms with Gasteiger partial charge >= 0.3 is 0 Å². The van der Waals surface area contributed by atoms with Crippen molar-refractivity contribution < 1.29 is 5.11 Å². The number of halogens is 2. The van der Waals surface area contributed by atoms with Gasteiger partial charge in [-0.25, -0.2) is 0 Å². The van der Waals surface area contributed by atoms with Crippen molar-refractivity contribution in [2.75, 3.05) is 20.1 Å². The maximum Gasteiger partial charge on any atom is 0.0667 e. The molecule has 1 aromatic carbocycles. The molecule has 0 spiro atoms. The van der Waals surface area contributed by atoms with Gasteiger partial charge in [0.05, 0.1) is 6.10 Å². The molecule has 1 saturated heterocycles. The molecule has 1 heterocycles. The first kappa shape index (κ1) is 18.7. The number of likely N-dealkylation sites (tertiary alicyclic amines) is 1. The lowest BCUT2D eigenvalue weighted by molar-refractivity contribution is 0.0668. The number of aliphatic hydroxyl groups is 1. The molecule has 110 valence electrons. The Kier molecular flexibility index (Phi) is 9.40. The maximum atomic E-state index is 9.62. The Morgan fingerprint density at radius 3 is 2.42 bits per heavy atom. The zero-order valence-corrected chi connectivity index (χ0v) is 13.0. The third kappa shape index (κ3) is 6.11. The van der Waals surface area contributed by atoms with Gasteiger partial charge in [-0.3, -0.25) is 4.90 Å². The van der Waals surface area contributed by atoms with Gasteiger partial charge in [-0.2, -0.15) is 0 Å². The lowest BCUT2D eigenvalue weighted by atomic mass is 10.1. The Balaban J connectivity index is 0.00000162. The van der Waals surface area contributed by atoms with Crippen molar-refractivity contribution in [2.45, 2.75) is 32.0 Å². The van der Waals surface area contributed by atoms with Gasteiger partial charge < -0.3 is 10.4 Å². The SMILES string of the molecule is CNCc1ccc(CN2CCCC(O)C2)cc1.Cl.Cl. The maximum absolute atomic E-state index is 9.62. The summed E-state index contributed by atoms with van der Waals surface area (Å²) in [5, 5.41) is 12.8. The van der Waals surface area contributed by atoms with Gasteiger partial charge in [0.15, 0.2) is 0 Å². The average molecular weight is 307 g/mol. The number of nitrogens with zero attached hydrogens (tertiary/aromatic N) is 1. The van der Waals surface area contributed by atoms with E-state index in [4.69, 9.17) is 0 Å². The molecule has 0 radical (unpaired) electrons. The second-order valence-electron chi connectivity index (χ2n) is 4.88. The first-order valence-electron chi connectivity index (χ1n) is 6.41. The van der Waals surface area contributed by atoms with E-state index in [0.717, 1.165) is 39.0 Å². The van der Waals surface area contributed by atoms with E-state index in [0.29, 0.717) is 0 Å². The minimum absolute atomic E-state index is 0. The lowest BCUT2D eigenvalue weighted by Crippen LogP contribution is -2.37. The Morgan fingerprint density at radius 2 is 1.84 bits per heavy atom. The predicted octanol–water partition coefficient (Wildman–Crippen LogP) is 2.21. The molecule has 2 N–H and O–H groups in total. The first-order valence-corrected chi connectivity index (χ1v) is 6.41. The second kappa shape index (κ2) is 9.56. The highest BCUT2D eigenvalue weighted by molar-refractivity contribution is 5.85. The molecule has 1 fully saturated rings. The number of β-amino-alcohol motifs (C(OH)–C–C–N with tert-alkyl or cyclic N) is 1. The van der Waals surface area contributed by atoms with Crippen molar-refractivity contribution in [2.24, 2.45) is 0 Å². The monoisotopic (exact) mass is 306 g/mol. The minimum Gasteiger partial charge on any atom is -0.392 e. The van der Waals surface area contributed by atoms with Gasteiger partial charge in [0.25, 0.3) is 0 Å². The normalized spacial score (nSPS) is 19.4. The summed E-state index contributed by atoms with van der Waals surface area (Å²) in [7, 11) is 1.96. The Morgan fingerprint density at radius 1 is 1.21 bits per heavy atom. The summed E-state index contributed by atoms with van der Waals surface area (Å²) in [5.74, 6) is 0. The summed E-state index contributed by atoms with van der Waals surface area (Å²) >= 11 is 0. The number of hydrogen-bond acceptors (Lipinski definition) is 3. The van der Waals surface area contributed by atoms with Gasteiger partial charge in [0, 0.05) is 19.6 Å². The van der Waals surface area contributed by atoms with Crippen LogP contribution in [0.25, 0.3) is 0 Å². The standard InChI is InChI=1S/C14H22N2O.2ClH/c1-15-9-12-4-6-13(7-5-12)10-16-8-2-3-14(17)11-16;;/h4-7,14-15,17H,2-3,8-11H2,1H3;2*1H. The molecule has 0 aliphatic carbocycles. The van der Waals surface area contributed by atoms with Crippen LogP contribution >= 0.6 is 24.8 Å². The fraction of sp³-hybridized carbons (Fsp3) is 0.571. The minimum atomic E-state index is -0.132. The van der Waals surface area contributed by atoms with E-state index < -0.39 is 0 Å². The van der Waals surface area contributed by atoms with Crippen LogP contribution in [0.3, 0.4) is 0 Å². The summed E-state index contributed by atoms with van der Waals surface area (Å²) in [4.78, 5) is 2.33. The molecule has 5 heteroatoms. The summed E-state index contributed by atoms with van der Waals surface area (Å²) < 4.78 is 0. The van der Waals surface area contributed by atoms with Crippen LogP contribution in [0.2, 0.25) is 0 Å². The number of hydrogen-bond donors (Lipinski definition) is 2. The van der Waals surface area contributed by atoms with Crippen LogP contribution < -0.4 is 5.32 Å². The molecular formula is C14H24Cl2N2O. The van der Waals surface area contributed by atoms with Crippen molar-refractivity contribution in [3.8, 4) is 0 Å². The quantitative estimate of drug-likeness (QED) is 0.895.